The third-order valence-electron chi connectivity index (χ3n) is 4.77. The summed E-state index contributed by atoms with van der Waals surface area (Å²) in [5.41, 5.74) is 1.78. The average molecular weight is 480 g/mol. The van der Waals surface area contributed by atoms with Gasteiger partial charge in [-0.3, -0.25) is 10.1 Å². The summed E-state index contributed by atoms with van der Waals surface area (Å²) in [6.07, 6.45) is -0.966. The van der Waals surface area contributed by atoms with Gasteiger partial charge >= 0.3 is 0 Å². The zero-order valence-electron chi connectivity index (χ0n) is 17.7. The Kier molecular flexibility index (Phi) is 6.63. The minimum atomic E-state index is -0.966. The molecular formula is C24H18ClN3O4S. The number of carbonyl (C=O) groups excluding carboxylic acids is 1. The van der Waals surface area contributed by atoms with Crippen molar-refractivity contribution in [1.82, 2.24) is 4.98 Å². The van der Waals surface area contributed by atoms with Crippen LogP contribution in [-0.4, -0.2) is 25.1 Å². The van der Waals surface area contributed by atoms with E-state index in [0.717, 1.165) is 4.70 Å². The lowest BCUT2D eigenvalue weighted by Crippen LogP contribution is -2.25. The molecule has 0 aliphatic heterocycles. The molecule has 0 saturated heterocycles. The maximum atomic E-state index is 13.2. The Morgan fingerprint density at radius 3 is 2.36 bits per heavy atom. The number of nitrogens with zero attached hydrogens (tertiary/aromatic N) is 2. The Morgan fingerprint density at radius 2 is 1.73 bits per heavy atom. The van der Waals surface area contributed by atoms with Gasteiger partial charge in [-0.15, -0.1) is 0 Å². The summed E-state index contributed by atoms with van der Waals surface area (Å²) in [4.78, 5) is 17.7. The van der Waals surface area contributed by atoms with Crippen molar-refractivity contribution in [2.75, 3.05) is 19.5 Å². The van der Waals surface area contributed by atoms with Gasteiger partial charge in [-0.1, -0.05) is 35.1 Å². The molecule has 33 heavy (non-hydrogen) atoms. The number of halogens is 1. The van der Waals surface area contributed by atoms with Crippen molar-refractivity contribution in [2.24, 2.45) is 0 Å². The van der Waals surface area contributed by atoms with Crippen molar-refractivity contribution in [3.63, 3.8) is 0 Å². The van der Waals surface area contributed by atoms with Crippen LogP contribution in [0.4, 0.5) is 5.13 Å². The van der Waals surface area contributed by atoms with Crippen LogP contribution in [0.5, 0.6) is 17.2 Å². The lowest BCUT2D eigenvalue weighted by atomic mass is 10.1. The molecule has 1 aromatic heterocycles. The van der Waals surface area contributed by atoms with Crippen molar-refractivity contribution in [2.45, 2.75) is 6.10 Å². The second-order valence-corrected chi connectivity index (χ2v) is 8.34. The van der Waals surface area contributed by atoms with Gasteiger partial charge in [0.2, 0.25) is 6.10 Å². The predicted molar refractivity (Wildman–Crippen MR) is 127 cm³/mol. The SMILES string of the molecule is COc1cc2nc(NC(=O)C(Oc3ccc(C#N)cc3)c3ccc(Cl)cc3)sc2cc1OC. The van der Waals surface area contributed by atoms with Gasteiger partial charge < -0.3 is 14.2 Å². The van der Waals surface area contributed by atoms with E-state index in [1.807, 2.05) is 6.07 Å². The molecule has 7 nitrogen and oxygen atoms in total. The monoisotopic (exact) mass is 479 g/mol. The number of carbonyl (C=O) groups is 1. The molecule has 1 heterocycles. The fraction of sp³-hybridized carbons (Fsp3) is 0.125. The highest BCUT2D eigenvalue weighted by Gasteiger charge is 2.24. The smallest absolute Gasteiger partial charge is 0.271 e. The van der Waals surface area contributed by atoms with E-state index in [1.54, 1.807) is 68.8 Å². The van der Waals surface area contributed by atoms with Crippen LogP contribution in [0.1, 0.15) is 17.2 Å². The lowest BCUT2D eigenvalue weighted by molar-refractivity contribution is -0.123. The molecule has 1 amide bonds. The highest BCUT2D eigenvalue weighted by Crippen LogP contribution is 2.36. The van der Waals surface area contributed by atoms with Crippen LogP contribution in [0.25, 0.3) is 10.2 Å². The van der Waals surface area contributed by atoms with Crippen LogP contribution in [0.15, 0.2) is 60.7 Å². The molecule has 0 aliphatic rings. The number of thiazole rings is 1. The van der Waals surface area contributed by atoms with Crippen molar-refractivity contribution in [1.29, 1.82) is 5.26 Å². The summed E-state index contributed by atoms with van der Waals surface area (Å²) in [6, 6.07) is 19.0. The standard InChI is InChI=1S/C24H18ClN3O4S/c1-30-19-11-18-21(12-20(19)31-2)33-24(27-18)28-23(29)22(15-5-7-16(25)8-6-15)32-17-9-3-14(13-26)4-10-17/h3-12,22H,1-2H3,(H,27,28,29). The second kappa shape index (κ2) is 9.77. The number of hydrogen-bond acceptors (Lipinski definition) is 7. The number of nitrogens with one attached hydrogen (secondary N) is 1. The molecule has 1 atom stereocenters. The molecule has 0 radical (unpaired) electrons. The van der Waals surface area contributed by atoms with Gasteiger partial charge in [0.05, 0.1) is 36.1 Å². The van der Waals surface area contributed by atoms with Crippen LogP contribution in [-0.2, 0) is 4.79 Å². The molecule has 1 unspecified atom stereocenters. The molecule has 0 bridgehead atoms. The Bertz CT molecular complexity index is 1290. The number of amides is 1. The van der Waals surface area contributed by atoms with E-state index in [1.165, 1.54) is 11.3 Å². The van der Waals surface area contributed by atoms with Crippen molar-refractivity contribution in [3.05, 3.63) is 76.8 Å². The average Bonchev–Trinajstić information content (AvgIpc) is 3.23. The molecule has 0 aliphatic carbocycles. The van der Waals surface area contributed by atoms with E-state index in [-0.39, 0.29) is 0 Å². The molecule has 1 N–H and O–H groups in total. The Hall–Kier alpha value is -3.80. The number of fused-ring (bicyclic) bond motifs is 1. The van der Waals surface area contributed by atoms with Crippen LogP contribution >= 0.6 is 22.9 Å². The van der Waals surface area contributed by atoms with Crippen LogP contribution < -0.4 is 19.5 Å². The number of aromatic nitrogens is 1. The van der Waals surface area contributed by atoms with E-state index >= 15 is 0 Å². The predicted octanol–water partition coefficient (Wildman–Crippen LogP) is 5.60. The summed E-state index contributed by atoms with van der Waals surface area (Å²) < 4.78 is 17.5. The van der Waals surface area contributed by atoms with Crippen molar-refractivity contribution in [3.8, 4) is 23.3 Å². The zero-order chi connectivity index (χ0) is 23.4. The van der Waals surface area contributed by atoms with Gasteiger partial charge in [0.1, 0.15) is 5.75 Å². The minimum Gasteiger partial charge on any atom is -0.493 e. The lowest BCUT2D eigenvalue weighted by Gasteiger charge is -2.18. The number of nitriles is 1. The summed E-state index contributed by atoms with van der Waals surface area (Å²) in [5, 5.41) is 12.8. The van der Waals surface area contributed by atoms with Crippen molar-refractivity contribution < 1.29 is 19.0 Å². The summed E-state index contributed by atoms with van der Waals surface area (Å²) >= 11 is 7.32. The first-order valence-corrected chi connectivity index (χ1v) is 11.0. The Balaban J connectivity index is 1.62. The first kappa shape index (κ1) is 22.4. The molecule has 4 aromatic rings. The highest BCUT2D eigenvalue weighted by atomic mass is 35.5. The van der Waals surface area contributed by atoms with E-state index in [4.69, 9.17) is 31.1 Å². The molecule has 166 valence electrons. The van der Waals surface area contributed by atoms with E-state index in [0.29, 0.717) is 44.0 Å². The maximum absolute atomic E-state index is 13.2. The number of hydrogen-bond donors (Lipinski definition) is 1. The summed E-state index contributed by atoms with van der Waals surface area (Å²) in [5.74, 6) is 1.17. The highest BCUT2D eigenvalue weighted by molar-refractivity contribution is 7.22. The van der Waals surface area contributed by atoms with E-state index < -0.39 is 12.0 Å². The first-order valence-electron chi connectivity index (χ1n) is 9.76. The molecule has 9 heteroatoms. The number of rotatable bonds is 7. The van der Waals surface area contributed by atoms with Crippen LogP contribution in [0, 0.1) is 11.3 Å². The summed E-state index contributed by atoms with van der Waals surface area (Å²) in [7, 11) is 3.11. The van der Waals surface area contributed by atoms with E-state index in [2.05, 4.69) is 16.4 Å². The molecule has 0 spiro atoms. The maximum Gasteiger partial charge on any atom is 0.271 e. The van der Waals surface area contributed by atoms with Gasteiger partial charge in [-0.25, -0.2) is 4.98 Å². The zero-order valence-corrected chi connectivity index (χ0v) is 19.2. The number of benzene rings is 3. The number of methoxy groups -OCH3 is 2. The molecule has 0 saturated carbocycles. The number of ether oxygens (including phenoxy) is 3. The van der Waals surface area contributed by atoms with Crippen molar-refractivity contribution >= 4 is 44.2 Å². The Labute approximate surface area is 199 Å². The van der Waals surface area contributed by atoms with Gasteiger partial charge in [-0.2, -0.15) is 5.26 Å². The molecule has 4 rings (SSSR count). The Morgan fingerprint density at radius 1 is 1.06 bits per heavy atom. The van der Waals surface area contributed by atoms with Gasteiger partial charge in [0.15, 0.2) is 16.6 Å². The fourth-order valence-electron chi connectivity index (χ4n) is 3.13. The first-order chi connectivity index (χ1) is 16.0. The molecular weight excluding hydrogens is 462 g/mol. The second-order valence-electron chi connectivity index (χ2n) is 6.87. The molecule has 3 aromatic carbocycles. The van der Waals surface area contributed by atoms with Gasteiger partial charge in [-0.05, 0) is 36.4 Å². The molecule has 0 fully saturated rings. The third-order valence-corrected chi connectivity index (χ3v) is 5.96. The normalized spacial score (nSPS) is 11.5. The number of anilines is 1. The van der Waals surface area contributed by atoms with Gasteiger partial charge in [0, 0.05) is 22.7 Å². The largest absolute Gasteiger partial charge is 0.493 e. The topological polar surface area (TPSA) is 93.5 Å². The minimum absolute atomic E-state index is 0.403. The van der Waals surface area contributed by atoms with Gasteiger partial charge in [0.25, 0.3) is 5.91 Å². The quantitative estimate of drug-likeness (QED) is 0.371. The van der Waals surface area contributed by atoms with Crippen LogP contribution in [0.2, 0.25) is 5.02 Å². The third kappa shape index (κ3) is 5.00. The summed E-state index contributed by atoms with van der Waals surface area (Å²) in [6.45, 7) is 0. The fourth-order valence-corrected chi connectivity index (χ4v) is 4.14. The van der Waals surface area contributed by atoms with E-state index in [9.17, 15) is 4.79 Å². The van der Waals surface area contributed by atoms with Crippen LogP contribution in [0.3, 0.4) is 0 Å².